The molecule has 0 fully saturated rings. The molecule has 0 saturated carbocycles. The zero-order valence-electron chi connectivity index (χ0n) is 15.5. The Bertz CT molecular complexity index is 321. The van der Waals surface area contributed by atoms with Crippen molar-refractivity contribution < 1.29 is 19.8 Å². The zero-order valence-corrected chi connectivity index (χ0v) is 15.5. The minimum Gasteiger partial charge on any atom is -0.481 e. The molecule has 4 nitrogen and oxygen atoms in total. The summed E-state index contributed by atoms with van der Waals surface area (Å²) in [4.78, 5) is 20.4. The number of rotatable bonds is 7. The molecule has 132 valence electrons. The van der Waals surface area contributed by atoms with E-state index in [9.17, 15) is 9.59 Å². The van der Waals surface area contributed by atoms with Crippen LogP contribution >= 0.6 is 0 Å². The van der Waals surface area contributed by atoms with E-state index < -0.39 is 11.9 Å². The van der Waals surface area contributed by atoms with Gasteiger partial charge in [-0.25, -0.2) is 0 Å². The highest BCUT2D eigenvalue weighted by atomic mass is 16.4. The van der Waals surface area contributed by atoms with Gasteiger partial charge >= 0.3 is 11.9 Å². The van der Waals surface area contributed by atoms with Gasteiger partial charge in [-0.05, 0) is 36.0 Å². The Morgan fingerprint density at radius 1 is 0.864 bits per heavy atom. The van der Waals surface area contributed by atoms with Gasteiger partial charge in [-0.1, -0.05) is 54.9 Å². The van der Waals surface area contributed by atoms with Gasteiger partial charge in [-0.3, -0.25) is 9.59 Å². The van der Waals surface area contributed by atoms with E-state index in [2.05, 4.69) is 41.5 Å². The summed E-state index contributed by atoms with van der Waals surface area (Å²) < 4.78 is 0. The summed E-state index contributed by atoms with van der Waals surface area (Å²) in [7, 11) is 0. The summed E-state index contributed by atoms with van der Waals surface area (Å²) in [5.74, 6) is -1.09. The van der Waals surface area contributed by atoms with Crippen LogP contribution in [-0.4, -0.2) is 22.2 Å². The highest BCUT2D eigenvalue weighted by Crippen LogP contribution is 2.25. The first-order chi connectivity index (χ1) is 9.73. The fourth-order valence-corrected chi connectivity index (χ4v) is 2.35. The fraction of sp³-hybridized carbons (Fsp3) is 0.889. The van der Waals surface area contributed by atoms with Gasteiger partial charge in [0.25, 0.3) is 0 Å². The van der Waals surface area contributed by atoms with Crippen molar-refractivity contribution in [2.24, 2.45) is 16.7 Å². The van der Waals surface area contributed by atoms with Crippen molar-refractivity contribution >= 4 is 11.9 Å². The summed E-state index contributed by atoms with van der Waals surface area (Å²) in [6.07, 6.45) is 4.52. The third-order valence-corrected chi connectivity index (χ3v) is 3.05. The number of aliphatic carboxylic acids is 2. The van der Waals surface area contributed by atoms with E-state index in [1.165, 1.54) is 0 Å². The van der Waals surface area contributed by atoms with Crippen molar-refractivity contribution in [2.45, 2.75) is 87.0 Å². The Balaban J connectivity index is 0. The molecule has 0 aliphatic carbocycles. The maximum atomic E-state index is 10.3. The van der Waals surface area contributed by atoms with E-state index in [0.717, 1.165) is 25.7 Å². The number of hydrogen-bond acceptors (Lipinski definition) is 2. The normalized spacial score (nSPS) is 13.0. The first-order valence-electron chi connectivity index (χ1n) is 8.16. The number of carbonyl (C=O) groups is 2. The SMILES string of the molecule is CC(C)(C)CCCCC(=O)O.CC(CC(=O)O)CC(C)(C)C. The minimum absolute atomic E-state index is 0.245. The van der Waals surface area contributed by atoms with Crippen LogP contribution in [0.1, 0.15) is 87.0 Å². The van der Waals surface area contributed by atoms with Crippen molar-refractivity contribution in [1.82, 2.24) is 0 Å². The topological polar surface area (TPSA) is 74.6 Å². The molecule has 0 radical (unpaired) electrons. The maximum absolute atomic E-state index is 10.3. The van der Waals surface area contributed by atoms with Crippen LogP contribution in [0.25, 0.3) is 0 Å². The van der Waals surface area contributed by atoms with Crippen LogP contribution in [0, 0.1) is 16.7 Å². The number of unbranched alkanes of at least 4 members (excludes halogenated alkanes) is 1. The lowest BCUT2D eigenvalue weighted by molar-refractivity contribution is -0.138. The third-order valence-electron chi connectivity index (χ3n) is 3.05. The molecule has 0 heterocycles. The summed E-state index contributed by atoms with van der Waals surface area (Å²) in [5, 5.41) is 16.8. The summed E-state index contributed by atoms with van der Waals surface area (Å²) in [5.41, 5.74) is 0.591. The molecule has 0 aliphatic heterocycles. The molecule has 1 unspecified atom stereocenters. The highest BCUT2D eigenvalue weighted by molar-refractivity contribution is 5.67. The monoisotopic (exact) mass is 316 g/mol. The quantitative estimate of drug-likeness (QED) is 0.632. The van der Waals surface area contributed by atoms with Crippen LogP contribution in [0.2, 0.25) is 0 Å². The third kappa shape index (κ3) is 24.0. The van der Waals surface area contributed by atoms with Crippen molar-refractivity contribution in [3.05, 3.63) is 0 Å². The molecule has 0 saturated heterocycles. The average Bonchev–Trinajstić information content (AvgIpc) is 2.19. The molecule has 0 amide bonds. The maximum Gasteiger partial charge on any atom is 0.303 e. The highest BCUT2D eigenvalue weighted by Gasteiger charge is 2.16. The number of carboxylic acid groups (broad SMARTS) is 2. The van der Waals surface area contributed by atoms with Gasteiger partial charge in [0.05, 0.1) is 0 Å². The van der Waals surface area contributed by atoms with E-state index in [1.807, 2.05) is 6.92 Å². The van der Waals surface area contributed by atoms with Crippen LogP contribution in [-0.2, 0) is 9.59 Å². The van der Waals surface area contributed by atoms with E-state index >= 15 is 0 Å². The van der Waals surface area contributed by atoms with E-state index in [4.69, 9.17) is 10.2 Å². The van der Waals surface area contributed by atoms with Crippen molar-refractivity contribution in [3.63, 3.8) is 0 Å². The van der Waals surface area contributed by atoms with Crippen LogP contribution in [0.5, 0.6) is 0 Å². The van der Waals surface area contributed by atoms with Gasteiger partial charge < -0.3 is 10.2 Å². The molecule has 0 spiro atoms. The molecule has 0 aliphatic rings. The molecule has 0 rings (SSSR count). The molecule has 1 atom stereocenters. The Hall–Kier alpha value is -1.06. The van der Waals surface area contributed by atoms with Gasteiger partial charge in [0, 0.05) is 12.8 Å². The molecule has 0 bridgehead atoms. The van der Waals surface area contributed by atoms with Crippen molar-refractivity contribution in [3.8, 4) is 0 Å². The average molecular weight is 316 g/mol. The Morgan fingerprint density at radius 2 is 1.36 bits per heavy atom. The molecular weight excluding hydrogens is 280 g/mol. The fourth-order valence-electron chi connectivity index (χ4n) is 2.35. The predicted octanol–water partition coefficient (Wildman–Crippen LogP) is 5.21. The molecule has 4 heteroatoms. The lowest BCUT2D eigenvalue weighted by Crippen LogP contribution is -2.13. The molecule has 0 aromatic carbocycles. The standard InChI is InChI=1S/2C9H18O2/c1-7(5-8(10)11)6-9(2,3)4;1-9(2,3)7-5-4-6-8(10)11/h7H,5-6H2,1-4H3,(H,10,11);4-7H2,1-3H3,(H,10,11). The second-order valence-electron chi connectivity index (χ2n) is 8.63. The van der Waals surface area contributed by atoms with E-state index in [-0.39, 0.29) is 17.8 Å². The molecular formula is C18H36O4. The summed E-state index contributed by atoms with van der Waals surface area (Å²) in [6, 6.07) is 0. The number of carboxylic acids is 2. The van der Waals surface area contributed by atoms with Crippen LogP contribution in [0.4, 0.5) is 0 Å². The molecule has 22 heavy (non-hydrogen) atoms. The minimum atomic E-state index is -0.693. The van der Waals surface area contributed by atoms with Crippen LogP contribution < -0.4 is 0 Å². The van der Waals surface area contributed by atoms with Crippen molar-refractivity contribution in [2.75, 3.05) is 0 Å². The zero-order chi connectivity index (χ0) is 18.0. The number of hydrogen-bond donors (Lipinski definition) is 2. The lowest BCUT2D eigenvalue weighted by Gasteiger charge is -2.21. The second-order valence-corrected chi connectivity index (χ2v) is 8.63. The Labute approximate surface area is 136 Å². The molecule has 0 aromatic rings. The molecule has 2 N–H and O–H groups in total. The summed E-state index contributed by atoms with van der Waals surface area (Å²) in [6.45, 7) is 14.9. The lowest BCUT2D eigenvalue weighted by atomic mass is 9.84. The van der Waals surface area contributed by atoms with Gasteiger partial charge in [0.15, 0.2) is 0 Å². The van der Waals surface area contributed by atoms with Crippen molar-refractivity contribution in [1.29, 1.82) is 0 Å². The van der Waals surface area contributed by atoms with E-state index in [0.29, 0.717) is 11.8 Å². The van der Waals surface area contributed by atoms with Gasteiger partial charge in [0.1, 0.15) is 0 Å². The van der Waals surface area contributed by atoms with Gasteiger partial charge in [-0.2, -0.15) is 0 Å². The predicted molar refractivity (Wildman–Crippen MR) is 91.0 cm³/mol. The van der Waals surface area contributed by atoms with Gasteiger partial charge in [0.2, 0.25) is 0 Å². The summed E-state index contributed by atoms with van der Waals surface area (Å²) >= 11 is 0. The first-order valence-corrected chi connectivity index (χ1v) is 8.16. The van der Waals surface area contributed by atoms with Crippen LogP contribution in [0.3, 0.4) is 0 Å². The Morgan fingerprint density at radius 3 is 1.68 bits per heavy atom. The van der Waals surface area contributed by atoms with E-state index in [1.54, 1.807) is 0 Å². The largest absolute Gasteiger partial charge is 0.481 e. The smallest absolute Gasteiger partial charge is 0.303 e. The first kappa shape index (κ1) is 23.2. The molecule has 0 aromatic heterocycles. The van der Waals surface area contributed by atoms with Gasteiger partial charge in [-0.15, -0.1) is 0 Å². The Kier molecular flexibility index (Phi) is 11.2. The second kappa shape index (κ2) is 10.6. The van der Waals surface area contributed by atoms with Crippen LogP contribution in [0.15, 0.2) is 0 Å².